The highest BCUT2D eigenvalue weighted by Crippen LogP contribution is 2.38. The number of carboxylic acid groups (broad SMARTS) is 1. The molecule has 6 nitrogen and oxygen atoms in total. The Balaban J connectivity index is 2.15. The molecular formula is C13H18N2O4. The van der Waals surface area contributed by atoms with Crippen LogP contribution in [-0.4, -0.2) is 33.8 Å². The number of nitrogens with one attached hydrogen (secondary N) is 1. The van der Waals surface area contributed by atoms with Crippen LogP contribution in [0.1, 0.15) is 43.1 Å². The summed E-state index contributed by atoms with van der Waals surface area (Å²) in [5.74, 6) is -0.172. The molecule has 0 atom stereocenters. The van der Waals surface area contributed by atoms with Gasteiger partial charge in [-0.1, -0.05) is 0 Å². The van der Waals surface area contributed by atoms with E-state index in [2.05, 4.69) is 9.97 Å². The molecule has 19 heavy (non-hydrogen) atoms. The maximum atomic E-state index is 11.4. The number of aryl methyl sites for hydroxylation is 1. The van der Waals surface area contributed by atoms with Gasteiger partial charge in [-0.05, 0) is 32.6 Å². The standard InChI is InChI=1S/C13H18N2O4/c1-8-7-10(16)15-11(14-8)9-3-5-13(19-2,6-4-9)12(17)18/h7,9H,3-6H2,1-2H3,(H,17,18)(H,14,15,16). The zero-order valence-corrected chi connectivity index (χ0v) is 11.1. The summed E-state index contributed by atoms with van der Waals surface area (Å²) in [5, 5.41) is 9.24. The van der Waals surface area contributed by atoms with Crippen LogP contribution in [0.15, 0.2) is 10.9 Å². The van der Waals surface area contributed by atoms with Crippen molar-refractivity contribution < 1.29 is 14.6 Å². The first-order valence-corrected chi connectivity index (χ1v) is 6.33. The molecule has 1 aromatic heterocycles. The molecule has 0 aromatic carbocycles. The van der Waals surface area contributed by atoms with Crippen LogP contribution in [0.5, 0.6) is 0 Å². The number of carboxylic acids is 1. The highest BCUT2D eigenvalue weighted by Gasteiger charge is 2.42. The molecule has 0 saturated heterocycles. The van der Waals surface area contributed by atoms with Crippen molar-refractivity contribution in [3.8, 4) is 0 Å². The third-order valence-electron chi connectivity index (χ3n) is 3.85. The number of nitrogens with zero attached hydrogens (tertiary/aromatic N) is 1. The maximum Gasteiger partial charge on any atom is 0.335 e. The molecule has 1 saturated carbocycles. The van der Waals surface area contributed by atoms with E-state index in [1.165, 1.54) is 13.2 Å². The average Bonchev–Trinajstić information content (AvgIpc) is 2.37. The maximum absolute atomic E-state index is 11.4. The van der Waals surface area contributed by atoms with E-state index in [0.29, 0.717) is 37.2 Å². The molecule has 0 unspecified atom stereocenters. The van der Waals surface area contributed by atoms with Gasteiger partial charge in [0.05, 0.1) is 0 Å². The summed E-state index contributed by atoms with van der Waals surface area (Å²) < 4.78 is 5.18. The Hall–Kier alpha value is -1.69. The van der Waals surface area contributed by atoms with E-state index in [1.807, 2.05) is 0 Å². The van der Waals surface area contributed by atoms with E-state index in [9.17, 15) is 14.7 Å². The number of aromatic amines is 1. The second kappa shape index (κ2) is 5.13. The van der Waals surface area contributed by atoms with E-state index in [4.69, 9.17) is 4.74 Å². The normalized spacial score (nSPS) is 27.2. The molecular weight excluding hydrogens is 248 g/mol. The first-order chi connectivity index (χ1) is 8.97. The molecule has 1 aromatic rings. The lowest BCUT2D eigenvalue weighted by Crippen LogP contribution is -2.43. The molecule has 2 N–H and O–H groups in total. The molecule has 0 amide bonds. The molecule has 0 radical (unpaired) electrons. The van der Waals surface area contributed by atoms with E-state index < -0.39 is 11.6 Å². The van der Waals surface area contributed by atoms with Gasteiger partial charge in [0, 0.05) is 24.8 Å². The van der Waals surface area contributed by atoms with Crippen molar-refractivity contribution in [3.05, 3.63) is 27.9 Å². The lowest BCUT2D eigenvalue weighted by atomic mass is 9.78. The second-order valence-electron chi connectivity index (χ2n) is 5.05. The quantitative estimate of drug-likeness (QED) is 0.857. The summed E-state index contributed by atoms with van der Waals surface area (Å²) in [6, 6.07) is 1.45. The summed E-state index contributed by atoms with van der Waals surface area (Å²) >= 11 is 0. The summed E-state index contributed by atoms with van der Waals surface area (Å²) in [6.45, 7) is 1.78. The van der Waals surface area contributed by atoms with E-state index in [1.54, 1.807) is 6.92 Å². The second-order valence-corrected chi connectivity index (χ2v) is 5.05. The van der Waals surface area contributed by atoms with Crippen molar-refractivity contribution >= 4 is 5.97 Å². The number of hydrogen-bond donors (Lipinski definition) is 2. The van der Waals surface area contributed by atoms with Crippen LogP contribution in [0.4, 0.5) is 0 Å². The summed E-state index contributed by atoms with van der Waals surface area (Å²) in [5.41, 5.74) is -0.564. The fourth-order valence-corrected chi connectivity index (χ4v) is 2.66. The molecule has 1 aliphatic rings. The fourth-order valence-electron chi connectivity index (χ4n) is 2.66. The van der Waals surface area contributed by atoms with Crippen LogP contribution in [0.2, 0.25) is 0 Å². The fraction of sp³-hybridized carbons (Fsp3) is 0.615. The zero-order chi connectivity index (χ0) is 14.0. The van der Waals surface area contributed by atoms with Crippen LogP contribution < -0.4 is 5.56 Å². The highest BCUT2D eigenvalue weighted by molar-refractivity contribution is 5.77. The number of aromatic nitrogens is 2. The smallest absolute Gasteiger partial charge is 0.335 e. The van der Waals surface area contributed by atoms with Crippen LogP contribution in [0, 0.1) is 6.92 Å². The third kappa shape index (κ3) is 2.68. The topological polar surface area (TPSA) is 92.3 Å². The van der Waals surface area contributed by atoms with Crippen molar-refractivity contribution in [2.45, 2.75) is 44.1 Å². The molecule has 1 fully saturated rings. The SMILES string of the molecule is COC1(C(=O)O)CCC(c2nc(C)cc(=O)[nH]2)CC1. The molecule has 1 aliphatic carbocycles. The van der Waals surface area contributed by atoms with Gasteiger partial charge in [-0.3, -0.25) is 4.79 Å². The Morgan fingerprint density at radius 1 is 1.53 bits per heavy atom. The number of ether oxygens (including phenoxy) is 1. The van der Waals surface area contributed by atoms with Crippen molar-refractivity contribution in [3.63, 3.8) is 0 Å². The number of carbonyl (C=O) groups is 1. The lowest BCUT2D eigenvalue weighted by molar-refractivity contribution is -0.166. The van der Waals surface area contributed by atoms with Crippen LogP contribution in [0.25, 0.3) is 0 Å². The van der Waals surface area contributed by atoms with Crippen LogP contribution >= 0.6 is 0 Å². The molecule has 0 spiro atoms. The Morgan fingerprint density at radius 3 is 2.63 bits per heavy atom. The van der Waals surface area contributed by atoms with Gasteiger partial charge in [-0.15, -0.1) is 0 Å². The molecule has 104 valence electrons. The minimum Gasteiger partial charge on any atom is -0.479 e. The number of aliphatic carboxylic acids is 1. The average molecular weight is 266 g/mol. The Labute approximate surface area is 110 Å². The number of hydrogen-bond acceptors (Lipinski definition) is 4. The summed E-state index contributed by atoms with van der Waals surface area (Å²) in [4.78, 5) is 29.8. The van der Waals surface area contributed by atoms with Gasteiger partial charge in [-0.2, -0.15) is 0 Å². The van der Waals surface area contributed by atoms with E-state index in [-0.39, 0.29) is 11.5 Å². The molecule has 6 heteroatoms. The predicted octanol–water partition coefficient (Wildman–Crippen LogP) is 1.21. The molecule has 1 heterocycles. The van der Waals surface area contributed by atoms with Crippen molar-refractivity contribution in [2.75, 3.05) is 7.11 Å². The van der Waals surface area contributed by atoms with Gasteiger partial charge < -0.3 is 14.8 Å². The van der Waals surface area contributed by atoms with Gasteiger partial charge in [-0.25, -0.2) is 9.78 Å². The van der Waals surface area contributed by atoms with Crippen LogP contribution in [0.3, 0.4) is 0 Å². The Morgan fingerprint density at radius 2 is 2.16 bits per heavy atom. The van der Waals surface area contributed by atoms with Crippen molar-refractivity contribution in [1.29, 1.82) is 0 Å². The van der Waals surface area contributed by atoms with Gasteiger partial charge in [0.25, 0.3) is 5.56 Å². The monoisotopic (exact) mass is 266 g/mol. The van der Waals surface area contributed by atoms with Gasteiger partial charge in [0.1, 0.15) is 5.82 Å². The first kappa shape index (κ1) is 13.7. The number of H-pyrrole nitrogens is 1. The highest BCUT2D eigenvalue weighted by atomic mass is 16.5. The number of rotatable bonds is 3. The number of methoxy groups -OCH3 is 1. The van der Waals surface area contributed by atoms with Crippen molar-refractivity contribution in [1.82, 2.24) is 9.97 Å². The van der Waals surface area contributed by atoms with Gasteiger partial charge >= 0.3 is 5.97 Å². The minimum absolute atomic E-state index is 0.0928. The molecule has 0 aliphatic heterocycles. The van der Waals surface area contributed by atoms with E-state index >= 15 is 0 Å². The Kier molecular flexibility index (Phi) is 3.71. The minimum atomic E-state index is -1.08. The molecule has 2 rings (SSSR count). The largest absolute Gasteiger partial charge is 0.479 e. The first-order valence-electron chi connectivity index (χ1n) is 6.33. The Bertz CT molecular complexity index is 530. The van der Waals surface area contributed by atoms with Gasteiger partial charge in [0.2, 0.25) is 0 Å². The summed E-state index contributed by atoms with van der Waals surface area (Å²) in [7, 11) is 1.43. The predicted molar refractivity (Wildman–Crippen MR) is 68.2 cm³/mol. The summed E-state index contributed by atoms with van der Waals surface area (Å²) in [6.07, 6.45) is 2.15. The van der Waals surface area contributed by atoms with Crippen LogP contribution in [-0.2, 0) is 9.53 Å². The zero-order valence-electron chi connectivity index (χ0n) is 11.1. The third-order valence-corrected chi connectivity index (χ3v) is 3.85. The molecule has 0 bridgehead atoms. The van der Waals surface area contributed by atoms with E-state index in [0.717, 1.165) is 0 Å². The van der Waals surface area contributed by atoms with Crippen molar-refractivity contribution in [2.24, 2.45) is 0 Å². The van der Waals surface area contributed by atoms with Gasteiger partial charge in [0.15, 0.2) is 5.60 Å². The lowest BCUT2D eigenvalue weighted by Gasteiger charge is -2.35.